The topological polar surface area (TPSA) is 55.9 Å². The predicted octanol–water partition coefficient (Wildman–Crippen LogP) is 0.793. The van der Waals surface area contributed by atoms with Crippen LogP contribution in [0.1, 0.15) is 12.8 Å². The van der Waals surface area contributed by atoms with Crippen LogP contribution in [0, 0.1) is 5.92 Å². The minimum atomic E-state index is -0.538. The lowest BCUT2D eigenvalue weighted by Crippen LogP contribution is -2.45. The van der Waals surface area contributed by atoms with E-state index in [1.807, 2.05) is 30.3 Å². The lowest BCUT2D eigenvalue weighted by Gasteiger charge is -2.32. The second-order valence-corrected chi connectivity index (χ2v) is 6.96. The lowest BCUT2D eigenvalue weighted by molar-refractivity contribution is -0.132. The molecule has 0 radical (unpaired) electrons. The van der Waals surface area contributed by atoms with E-state index in [0.29, 0.717) is 19.5 Å². The summed E-state index contributed by atoms with van der Waals surface area (Å²) < 4.78 is 0. The highest BCUT2D eigenvalue weighted by Crippen LogP contribution is 2.24. The minimum Gasteiger partial charge on any atom is -0.355 e. The monoisotopic (exact) mass is 344 g/mol. The number of rotatable bonds is 6. The van der Waals surface area contributed by atoms with Gasteiger partial charge < -0.3 is 20.0 Å². The molecule has 2 aliphatic heterocycles. The predicted molar refractivity (Wildman–Crippen MR) is 98.5 cm³/mol. The van der Waals surface area contributed by atoms with Crippen molar-refractivity contribution in [2.75, 3.05) is 57.8 Å². The van der Waals surface area contributed by atoms with Crippen LogP contribution in [0.5, 0.6) is 0 Å². The number of para-hydroxylation sites is 1. The summed E-state index contributed by atoms with van der Waals surface area (Å²) in [5.41, 5.74) is 0.873. The fraction of sp³-hybridized carbons (Fsp3) is 0.579. The first-order valence-electron chi connectivity index (χ1n) is 9.20. The summed E-state index contributed by atoms with van der Waals surface area (Å²) in [6, 6.07) is 9.57. The zero-order valence-electron chi connectivity index (χ0n) is 15.0. The van der Waals surface area contributed by atoms with Gasteiger partial charge in [0.25, 0.3) is 0 Å². The normalized spacial score (nSPS) is 22.4. The van der Waals surface area contributed by atoms with E-state index in [1.54, 1.807) is 4.90 Å². The van der Waals surface area contributed by atoms with Crippen molar-refractivity contribution in [3.8, 4) is 0 Å². The summed E-state index contributed by atoms with van der Waals surface area (Å²) in [5.74, 6) is -0.742. The molecule has 3 rings (SSSR count). The van der Waals surface area contributed by atoms with Gasteiger partial charge in [-0.1, -0.05) is 18.2 Å². The Bertz CT molecular complexity index is 584. The van der Waals surface area contributed by atoms with E-state index in [0.717, 1.165) is 44.8 Å². The third kappa shape index (κ3) is 4.58. The highest BCUT2D eigenvalue weighted by atomic mass is 16.2. The van der Waals surface area contributed by atoms with Crippen LogP contribution in [-0.2, 0) is 9.59 Å². The van der Waals surface area contributed by atoms with Gasteiger partial charge in [0.05, 0.1) is 0 Å². The van der Waals surface area contributed by atoms with Crippen LogP contribution in [0.25, 0.3) is 0 Å². The van der Waals surface area contributed by atoms with Crippen molar-refractivity contribution in [2.45, 2.75) is 12.8 Å². The standard InChI is InChI=1S/C19H28N4O2/c1-21-12-14-22(15-13-21)10-5-9-20-18(24)17-8-11-23(19(17)25)16-6-3-2-4-7-16/h2-4,6-7,17H,5,8-15H2,1H3,(H,20,24). The van der Waals surface area contributed by atoms with Gasteiger partial charge in [-0.15, -0.1) is 0 Å². The fourth-order valence-corrected chi connectivity index (χ4v) is 3.50. The largest absolute Gasteiger partial charge is 0.355 e. The van der Waals surface area contributed by atoms with E-state index in [4.69, 9.17) is 0 Å². The molecule has 0 spiro atoms. The van der Waals surface area contributed by atoms with Crippen LogP contribution >= 0.6 is 0 Å². The Kier molecular flexibility index (Phi) is 6.04. The third-order valence-electron chi connectivity index (χ3n) is 5.14. The minimum absolute atomic E-state index is 0.0808. The number of carbonyl (C=O) groups is 2. The van der Waals surface area contributed by atoms with Gasteiger partial charge in [-0.3, -0.25) is 9.59 Å². The van der Waals surface area contributed by atoms with Gasteiger partial charge in [-0.25, -0.2) is 0 Å². The van der Waals surface area contributed by atoms with Gasteiger partial charge in [0, 0.05) is 45.0 Å². The molecule has 0 saturated carbocycles. The maximum absolute atomic E-state index is 12.5. The fourth-order valence-electron chi connectivity index (χ4n) is 3.50. The van der Waals surface area contributed by atoms with Crippen LogP contribution in [-0.4, -0.2) is 74.5 Å². The summed E-state index contributed by atoms with van der Waals surface area (Å²) >= 11 is 0. The summed E-state index contributed by atoms with van der Waals surface area (Å²) in [4.78, 5) is 31.3. The highest BCUT2D eigenvalue weighted by Gasteiger charge is 2.37. The Morgan fingerprint density at radius 1 is 1.12 bits per heavy atom. The molecule has 0 aliphatic carbocycles. The summed E-state index contributed by atoms with van der Waals surface area (Å²) in [7, 11) is 2.15. The van der Waals surface area contributed by atoms with Crippen molar-refractivity contribution in [3.05, 3.63) is 30.3 Å². The molecule has 1 unspecified atom stereocenters. The molecule has 6 heteroatoms. The van der Waals surface area contributed by atoms with E-state index in [9.17, 15) is 9.59 Å². The maximum atomic E-state index is 12.5. The smallest absolute Gasteiger partial charge is 0.239 e. The first-order chi connectivity index (χ1) is 12.1. The number of amides is 2. The number of hydrogen-bond acceptors (Lipinski definition) is 4. The van der Waals surface area contributed by atoms with Gasteiger partial charge in [-0.05, 0) is 38.6 Å². The van der Waals surface area contributed by atoms with Gasteiger partial charge in [0.2, 0.25) is 11.8 Å². The van der Waals surface area contributed by atoms with E-state index < -0.39 is 5.92 Å². The Labute approximate surface area is 149 Å². The van der Waals surface area contributed by atoms with E-state index in [1.165, 1.54) is 0 Å². The Morgan fingerprint density at radius 3 is 2.56 bits per heavy atom. The summed E-state index contributed by atoms with van der Waals surface area (Å²) in [6.07, 6.45) is 1.52. The van der Waals surface area contributed by atoms with Gasteiger partial charge >= 0.3 is 0 Å². The van der Waals surface area contributed by atoms with E-state index in [-0.39, 0.29) is 11.8 Å². The second-order valence-electron chi connectivity index (χ2n) is 6.96. The van der Waals surface area contributed by atoms with Crippen molar-refractivity contribution >= 4 is 17.5 Å². The molecular weight excluding hydrogens is 316 g/mol. The number of likely N-dealkylation sites (N-methyl/N-ethyl adjacent to an activating group) is 1. The zero-order valence-corrected chi connectivity index (χ0v) is 15.0. The van der Waals surface area contributed by atoms with Crippen LogP contribution in [0.15, 0.2) is 30.3 Å². The van der Waals surface area contributed by atoms with E-state index >= 15 is 0 Å². The van der Waals surface area contributed by atoms with Crippen molar-refractivity contribution in [3.63, 3.8) is 0 Å². The summed E-state index contributed by atoms with van der Waals surface area (Å²) in [6.45, 7) is 6.66. The number of carbonyl (C=O) groups excluding carboxylic acids is 2. The molecule has 1 N–H and O–H groups in total. The van der Waals surface area contributed by atoms with Crippen LogP contribution in [0.2, 0.25) is 0 Å². The molecule has 136 valence electrons. The van der Waals surface area contributed by atoms with Crippen LogP contribution in [0.4, 0.5) is 5.69 Å². The van der Waals surface area contributed by atoms with Crippen molar-refractivity contribution < 1.29 is 9.59 Å². The van der Waals surface area contributed by atoms with Gasteiger partial charge in [0.15, 0.2) is 0 Å². The Hall–Kier alpha value is -1.92. The molecule has 2 heterocycles. The quantitative estimate of drug-likeness (QED) is 0.612. The van der Waals surface area contributed by atoms with Gasteiger partial charge in [0.1, 0.15) is 5.92 Å². The number of anilines is 1. The molecule has 1 atom stereocenters. The molecule has 1 aromatic carbocycles. The van der Waals surface area contributed by atoms with Gasteiger partial charge in [-0.2, -0.15) is 0 Å². The SMILES string of the molecule is CN1CCN(CCCNC(=O)C2CCN(c3ccccc3)C2=O)CC1. The number of benzene rings is 1. The third-order valence-corrected chi connectivity index (χ3v) is 5.14. The Balaban J connectivity index is 1.39. The number of piperazine rings is 1. The molecule has 25 heavy (non-hydrogen) atoms. The van der Waals surface area contributed by atoms with Crippen LogP contribution in [0.3, 0.4) is 0 Å². The van der Waals surface area contributed by atoms with Crippen molar-refractivity contribution in [1.29, 1.82) is 0 Å². The van der Waals surface area contributed by atoms with E-state index in [2.05, 4.69) is 22.2 Å². The average molecular weight is 344 g/mol. The average Bonchev–Trinajstić information content (AvgIpc) is 3.02. The molecule has 2 fully saturated rings. The lowest BCUT2D eigenvalue weighted by atomic mass is 10.1. The number of nitrogens with one attached hydrogen (secondary N) is 1. The number of nitrogens with zero attached hydrogens (tertiary/aromatic N) is 3. The zero-order chi connectivity index (χ0) is 17.6. The van der Waals surface area contributed by atoms with Crippen molar-refractivity contribution in [1.82, 2.24) is 15.1 Å². The first kappa shape index (κ1) is 17.9. The molecule has 2 aliphatic rings. The molecule has 0 bridgehead atoms. The highest BCUT2D eigenvalue weighted by molar-refractivity contribution is 6.09. The second kappa shape index (κ2) is 8.45. The number of hydrogen-bond donors (Lipinski definition) is 1. The Morgan fingerprint density at radius 2 is 1.84 bits per heavy atom. The van der Waals surface area contributed by atoms with Crippen LogP contribution < -0.4 is 10.2 Å². The molecular formula is C19H28N4O2. The molecule has 0 aromatic heterocycles. The first-order valence-corrected chi connectivity index (χ1v) is 9.20. The molecule has 1 aromatic rings. The maximum Gasteiger partial charge on any atom is 0.239 e. The molecule has 2 saturated heterocycles. The van der Waals surface area contributed by atoms with Crippen molar-refractivity contribution in [2.24, 2.45) is 5.92 Å². The molecule has 2 amide bonds. The molecule has 6 nitrogen and oxygen atoms in total. The summed E-state index contributed by atoms with van der Waals surface area (Å²) in [5, 5.41) is 2.95.